The number of halogens is 1. The molecule has 1 atom stereocenters. The minimum atomic E-state index is -0.609. The number of ether oxygens (including phenoxy) is 1. The maximum atomic E-state index is 13.0. The van der Waals surface area contributed by atoms with E-state index in [2.05, 4.69) is 5.32 Å². The van der Waals surface area contributed by atoms with Gasteiger partial charge in [0.2, 0.25) is 11.8 Å². The van der Waals surface area contributed by atoms with Crippen molar-refractivity contribution in [2.45, 2.75) is 6.42 Å². The van der Waals surface area contributed by atoms with Gasteiger partial charge in [-0.15, -0.1) is 0 Å². The maximum absolute atomic E-state index is 13.0. The molecule has 1 aliphatic rings. The van der Waals surface area contributed by atoms with Crippen LogP contribution in [0.25, 0.3) is 0 Å². The van der Waals surface area contributed by atoms with E-state index >= 15 is 0 Å². The van der Waals surface area contributed by atoms with Gasteiger partial charge in [0.1, 0.15) is 11.6 Å². The molecule has 1 fully saturated rings. The van der Waals surface area contributed by atoms with E-state index in [0.29, 0.717) is 5.69 Å². The summed E-state index contributed by atoms with van der Waals surface area (Å²) >= 11 is 0. The predicted octanol–water partition coefficient (Wildman–Crippen LogP) is 2.73. The van der Waals surface area contributed by atoms with Crippen molar-refractivity contribution in [2.75, 3.05) is 23.9 Å². The lowest BCUT2D eigenvalue weighted by Crippen LogP contribution is -2.28. The first-order valence-corrected chi connectivity index (χ1v) is 8.08. The highest BCUT2D eigenvalue weighted by Gasteiger charge is 2.35. The summed E-state index contributed by atoms with van der Waals surface area (Å²) in [6.45, 7) is 0.158. The molecule has 0 spiro atoms. The zero-order valence-corrected chi connectivity index (χ0v) is 14.3. The van der Waals surface area contributed by atoms with Crippen LogP contribution in [0, 0.1) is 21.8 Å². The van der Waals surface area contributed by atoms with E-state index in [-0.39, 0.29) is 36.0 Å². The average molecular weight is 373 g/mol. The number of nitrogens with zero attached hydrogens (tertiary/aromatic N) is 2. The molecule has 3 rings (SSSR count). The number of benzene rings is 2. The summed E-state index contributed by atoms with van der Waals surface area (Å²) in [4.78, 5) is 36.5. The number of nitro benzene ring substituents is 1. The molecular formula is C18H16FN3O5. The summed E-state index contributed by atoms with van der Waals surface area (Å²) in [5.74, 6) is -1.51. The highest BCUT2D eigenvalue weighted by atomic mass is 19.1. The molecular weight excluding hydrogens is 357 g/mol. The number of methoxy groups -OCH3 is 1. The molecule has 2 aromatic carbocycles. The summed E-state index contributed by atoms with van der Waals surface area (Å²) in [6.07, 6.45) is 0.0124. The number of amides is 2. The van der Waals surface area contributed by atoms with Gasteiger partial charge in [-0.25, -0.2) is 4.39 Å². The molecule has 0 saturated carbocycles. The van der Waals surface area contributed by atoms with Crippen LogP contribution in [0.1, 0.15) is 6.42 Å². The van der Waals surface area contributed by atoms with Crippen LogP contribution in [0.15, 0.2) is 42.5 Å². The minimum absolute atomic E-state index is 0.0124. The Hall–Kier alpha value is -3.49. The van der Waals surface area contributed by atoms with Crippen LogP contribution in [-0.2, 0) is 9.59 Å². The molecule has 0 unspecified atom stereocenters. The van der Waals surface area contributed by atoms with Crippen LogP contribution in [-0.4, -0.2) is 30.4 Å². The van der Waals surface area contributed by atoms with Crippen LogP contribution >= 0.6 is 0 Å². The van der Waals surface area contributed by atoms with Crippen LogP contribution in [0.5, 0.6) is 5.75 Å². The second-order valence-corrected chi connectivity index (χ2v) is 6.01. The Bertz CT molecular complexity index is 900. The van der Waals surface area contributed by atoms with Crippen molar-refractivity contribution < 1.29 is 23.6 Å². The van der Waals surface area contributed by atoms with Crippen LogP contribution in [0.2, 0.25) is 0 Å². The minimum Gasteiger partial charge on any atom is -0.494 e. The molecule has 1 saturated heterocycles. The SMILES string of the molecule is COc1cc([N+](=O)[O-])ccc1NC(=O)[C@H]1CC(=O)N(c2ccc(F)cc2)C1. The Labute approximate surface area is 153 Å². The number of hydrogen-bond donors (Lipinski definition) is 1. The van der Waals surface area contributed by atoms with E-state index in [4.69, 9.17) is 4.74 Å². The predicted molar refractivity (Wildman–Crippen MR) is 95.1 cm³/mol. The summed E-state index contributed by atoms with van der Waals surface area (Å²) in [6, 6.07) is 9.29. The van der Waals surface area contributed by atoms with Gasteiger partial charge in [-0.1, -0.05) is 0 Å². The van der Waals surface area contributed by atoms with Gasteiger partial charge >= 0.3 is 0 Å². The number of carbonyl (C=O) groups excluding carboxylic acids is 2. The largest absolute Gasteiger partial charge is 0.494 e. The van der Waals surface area contributed by atoms with Gasteiger partial charge in [-0.3, -0.25) is 19.7 Å². The van der Waals surface area contributed by atoms with Crippen molar-refractivity contribution in [1.29, 1.82) is 0 Å². The summed E-state index contributed by atoms with van der Waals surface area (Å²) in [5.41, 5.74) is 0.633. The second-order valence-electron chi connectivity index (χ2n) is 6.01. The number of carbonyl (C=O) groups is 2. The van der Waals surface area contributed by atoms with E-state index in [1.807, 2.05) is 0 Å². The lowest BCUT2D eigenvalue weighted by molar-refractivity contribution is -0.384. The number of non-ortho nitro benzene ring substituents is 1. The fraction of sp³-hybridized carbons (Fsp3) is 0.222. The Morgan fingerprint density at radius 1 is 1.30 bits per heavy atom. The van der Waals surface area contributed by atoms with E-state index in [9.17, 15) is 24.1 Å². The Morgan fingerprint density at radius 3 is 2.63 bits per heavy atom. The highest BCUT2D eigenvalue weighted by molar-refractivity contribution is 6.04. The smallest absolute Gasteiger partial charge is 0.273 e. The summed E-state index contributed by atoms with van der Waals surface area (Å²) < 4.78 is 18.1. The lowest BCUT2D eigenvalue weighted by Gasteiger charge is -2.17. The molecule has 2 aromatic rings. The monoisotopic (exact) mass is 373 g/mol. The fourth-order valence-corrected chi connectivity index (χ4v) is 2.89. The van der Waals surface area contributed by atoms with Crippen LogP contribution in [0.4, 0.5) is 21.5 Å². The Balaban J connectivity index is 1.73. The maximum Gasteiger partial charge on any atom is 0.273 e. The van der Waals surface area contributed by atoms with Gasteiger partial charge < -0.3 is 15.0 Å². The van der Waals surface area contributed by atoms with Gasteiger partial charge in [0.15, 0.2) is 0 Å². The van der Waals surface area contributed by atoms with Gasteiger partial charge in [-0.05, 0) is 30.3 Å². The highest BCUT2D eigenvalue weighted by Crippen LogP contribution is 2.31. The lowest BCUT2D eigenvalue weighted by atomic mass is 10.1. The van der Waals surface area contributed by atoms with Crippen molar-refractivity contribution in [1.82, 2.24) is 0 Å². The number of nitro groups is 1. The van der Waals surface area contributed by atoms with E-state index < -0.39 is 22.6 Å². The first kappa shape index (κ1) is 18.3. The molecule has 8 nitrogen and oxygen atoms in total. The molecule has 0 bridgehead atoms. The molecule has 9 heteroatoms. The molecule has 27 heavy (non-hydrogen) atoms. The van der Waals surface area contributed by atoms with E-state index in [0.717, 1.165) is 0 Å². The summed E-state index contributed by atoms with van der Waals surface area (Å²) in [5, 5.41) is 13.5. The van der Waals surface area contributed by atoms with Gasteiger partial charge in [-0.2, -0.15) is 0 Å². The molecule has 1 N–H and O–H groups in total. The number of rotatable bonds is 5. The Kier molecular flexibility index (Phi) is 5.02. The van der Waals surface area contributed by atoms with E-state index in [1.54, 1.807) is 0 Å². The molecule has 2 amide bonds. The third-order valence-corrected chi connectivity index (χ3v) is 4.29. The van der Waals surface area contributed by atoms with Crippen molar-refractivity contribution in [2.24, 2.45) is 5.92 Å². The zero-order valence-electron chi connectivity index (χ0n) is 14.3. The average Bonchev–Trinajstić information content (AvgIpc) is 3.04. The normalized spacial score (nSPS) is 16.3. The molecule has 0 aromatic heterocycles. The van der Waals surface area contributed by atoms with Crippen molar-refractivity contribution in [3.8, 4) is 5.75 Å². The van der Waals surface area contributed by atoms with Crippen molar-refractivity contribution >= 4 is 28.9 Å². The third kappa shape index (κ3) is 3.86. The molecule has 0 radical (unpaired) electrons. The van der Waals surface area contributed by atoms with Gasteiger partial charge in [0.25, 0.3) is 5.69 Å². The quantitative estimate of drug-likeness (QED) is 0.641. The fourth-order valence-electron chi connectivity index (χ4n) is 2.89. The number of hydrogen-bond acceptors (Lipinski definition) is 5. The first-order valence-electron chi connectivity index (χ1n) is 8.08. The zero-order chi connectivity index (χ0) is 19.6. The second kappa shape index (κ2) is 7.40. The number of anilines is 2. The molecule has 0 aliphatic carbocycles. The Morgan fingerprint density at radius 2 is 2.00 bits per heavy atom. The topological polar surface area (TPSA) is 102 Å². The van der Waals surface area contributed by atoms with Crippen LogP contribution < -0.4 is 15.0 Å². The van der Waals surface area contributed by atoms with Gasteiger partial charge in [0, 0.05) is 24.7 Å². The first-order chi connectivity index (χ1) is 12.9. The van der Waals surface area contributed by atoms with E-state index in [1.165, 1.54) is 54.5 Å². The van der Waals surface area contributed by atoms with Crippen molar-refractivity contribution in [3.63, 3.8) is 0 Å². The van der Waals surface area contributed by atoms with Crippen molar-refractivity contribution in [3.05, 3.63) is 58.4 Å². The van der Waals surface area contributed by atoms with Crippen LogP contribution in [0.3, 0.4) is 0 Å². The number of nitrogens with one attached hydrogen (secondary N) is 1. The standard InChI is InChI=1S/C18H16FN3O5/c1-27-16-9-14(22(25)26)6-7-15(16)20-18(24)11-8-17(23)21(10-11)13-4-2-12(19)3-5-13/h2-7,9,11H,8,10H2,1H3,(H,20,24)/t11-/m0/s1. The van der Waals surface area contributed by atoms with Gasteiger partial charge in [0.05, 0.1) is 29.7 Å². The summed E-state index contributed by atoms with van der Waals surface area (Å²) in [7, 11) is 1.34. The molecule has 1 aliphatic heterocycles. The molecule has 140 valence electrons. The third-order valence-electron chi connectivity index (χ3n) is 4.29. The molecule has 1 heterocycles.